The summed E-state index contributed by atoms with van der Waals surface area (Å²) < 4.78 is 5.79. The molecule has 0 atom stereocenters. The first kappa shape index (κ1) is 15.8. The molecule has 0 spiro atoms. The first-order valence-corrected chi connectivity index (χ1v) is 8.48. The van der Waals surface area contributed by atoms with Crippen molar-refractivity contribution in [3.8, 4) is 11.4 Å². The van der Waals surface area contributed by atoms with Gasteiger partial charge in [-0.05, 0) is 30.2 Å². The Labute approximate surface area is 137 Å². The van der Waals surface area contributed by atoms with Crippen molar-refractivity contribution in [2.24, 2.45) is 0 Å². The number of para-hydroxylation sites is 2. The van der Waals surface area contributed by atoms with Crippen molar-refractivity contribution in [2.75, 3.05) is 6.61 Å². The van der Waals surface area contributed by atoms with Crippen LogP contribution in [0.4, 0.5) is 0 Å². The highest BCUT2D eigenvalue weighted by Crippen LogP contribution is 2.21. The zero-order valence-electron chi connectivity index (χ0n) is 13.7. The van der Waals surface area contributed by atoms with Crippen LogP contribution in [0.5, 0.6) is 0 Å². The molecule has 120 valence electrons. The molecule has 0 amide bonds. The van der Waals surface area contributed by atoms with Gasteiger partial charge in [0.25, 0.3) is 0 Å². The van der Waals surface area contributed by atoms with E-state index in [4.69, 9.17) is 4.74 Å². The summed E-state index contributed by atoms with van der Waals surface area (Å²) >= 11 is 0. The number of aromatic nitrogens is 2. The summed E-state index contributed by atoms with van der Waals surface area (Å²) in [6.45, 7) is 3.74. The highest BCUT2D eigenvalue weighted by atomic mass is 16.5. The van der Waals surface area contributed by atoms with Crippen LogP contribution in [0.25, 0.3) is 22.4 Å². The van der Waals surface area contributed by atoms with E-state index in [-0.39, 0.29) is 0 Å². The summed E-state index contributed by atoms with van der Waals surface area (Å²) in [6, 6.07) is 16.5. The third-order valence-corrected chi connectivity index (χ3v) is 4.00. The van der Waals surface area contributed by atoms with Gasteiger partial charge in [-0.3, -0.25) is 0 Å². The van der Waals surface area contributed by atoms with Crippen LogP contribution >= 0.6 is 0 Å². The lowest BCUT2D eigenvalue weighted by Crippen LogP contribution is -1.96. The normalized spacial score (nSPS) is 11.2. The van der Waals surface area contributed by atoms with Crippen molar-refractivity contribution in [3.63, 3.8) is 0 Å². The SMILES string of the molecule is CCCCCCOCc1cccc(-c2nc3ccccc3[nH]2)c1. The molecular weight excluding hydrogens is 284 g/mol. The molecular formula is C20H24N2O. The largest absolute Gasteiger partial charge is 0.377 e. The van der Waals surface area contributed by atoms with Gasteiger partial charge in [0.1, 0.15) is 5.82 Å². The molecule has 0 aliphatic carbocycles. The molecule has 1 aromatic heterocycles. The van der Waals surface area contributed by atoms with Gasteiger partial charge < -0.3 is 9.72 Å². The van der Waals surface area contributed by atoms with E-state index in [1.54, 1.807) is 0 Å². The van der Waals surface area contributed by atoms with E-state index >= 15 is 0 Å². The van der Waals surface area contributed by atoms with Crippen molar-refractivity contribution in [1.82, 2.24) is 9.97 Å². The average Bonchev–Trinajstić information content (AvgIpc) is 3.02. The number of ether oxygens (including phenoxy) is 1. The monoisotopic (exact) mass is 308 g/mol. The summed E-state index contributed by atoms with van der Waals surface area (Å²) in [4.78, 5) is 8.04. The molecule has 23 heavy (non-hydrogen) atoms. The molecule has 0 radical (unpaired) electrons. The van der Waals surface area contributed by atoms with Crippen molar-refractivity contribution in [3.05, 3.63) is 54.1 Å². The van der Waals surface area contributed by atoms with Crippen LogP contribution in [0, 0.1) is 0 Å². The number of rotatable bonds is 8. The standard InChI is InChI=1S/C20H24N2O/c1-2-3-4-7-13-23-15-16-9-8-10-17(14-16)20-21-18-11-5-6-12-19(18)22-20/h5-6,8-12,14H,2-4,7,13,15H2,1H3,(H,21,22). The van der Waals surface area contributed by atoms with Crippen LogP contribution in [-0.4, -0.2) is 16.6 Å². The molecule has 0 saturated carbocycles. The van der Waals surface area contributed by atoms with E-state index in [2.05, 4.69) is 47.2 Å². The van der Waals surface area contributed by atoms with Crippen LogP contribution in [-0.2, 0) is 11.3 Å². The predicted molar refractivity (Wildman–Crippen MR) is 95.3 cm³/mol. The van der Waals surface area contributed by atoms with Crippen LogP contribution in [0.3, 0.4) is 0 Å². The predicted octanol–water partition coefficient (Wildman–Crippen LogP) is 5.33. The number of nitrogens with zero attached hydrogens (tertiary/aromatic N) is 1. The van der Waals surface area contributed by atoms with Gasteiger partial charge in [-0.15, -0.1) is 0 Å². The van der Waals surface area contributed by atoms with E-state index in [0.717, 1.165) is 35.4 Å². The molecule has 0 unspecified atom stereocenters. The maximum Gasteiger partial charge on any atom is 0.138 e. The van der Waals surface area contributed by atoms with Crippen molar-refractivity contribution >= 4 is 11.0 Å². The fourth-order valence-corrected chi connectivity index (χ4v) is 2.72. The zero-order chi connectivity index (χ0) is 15.9. The Morgan fingerprint density at radius 1 is 1.00 bits per heavy atom. The average molecular weight is 308 g/mol. The first-order valence-electron chi connectivity index (χ1n) is 8.48. The van der Waals surface area contributed by atoms with E-state index in [1.807, 2.05) is 18.2 Å². The molecule has 1 N–H and O–H groups in total. The lowest BCUT2D eigenvalue weighted by atomic mass is 10.1. The molecule has 3 nitrogen and oxygen atoms in total. The topological polar surface area (TPSA) is 37.9 Å². The van der Waals surface area contributed by atoms with Crippen LogP contribution in [0.15, 0.2) is 48.5 Å². The Bertz CT molecular complexity index is 715. The second-order valence-electron chi connectivity index (χ2n) is 5.92. The van der Waals surface area contributed by atoms with Gasteiger partial charge in [0.15, 0.2) is 0 Å². The number of H-pyrrole nitrogens is 1. The van der Waals surface area contributed by atoms with Gasteiger partial charge in [-0.2, -0.15) is 0 Å². The highest BCUT2D eigenvalue weighted by molar-refractivity contribution is 5.79. The van der Waals surface area contributed by atoms with E-state index in [0.29, 0.717) is 6.61 Å². The van der Waals surface area contributed by atoms with Crippen molar-refractivity contribution < 1.29 is 4.74 Å². The Hall–Kier alpha value is -2.13. The summed E-state index contributed by atoms with van der Waals surface area (Å²) in [5.74, 6) is 0.913. The molecule has 3 rings (SSSR count). The maximum atomic E-state index is 5.79. The quantitative estimate of drug-likeness (QED) is 0.571. The number of fused-ring (bicyclic) bond motifs is 1. The molecule has 3 aromatic rings. The second-order valence-corrected chi connectivity index (χ2v) is 5.92. The number of aromatic amines is 1. The van der Waals surface area contributed by atoms with Gasteiger partial charge >= 0.3 is 0 Å². The first-order chi connectivity index (χ1) is 11.4. The third kappa shape index (κ3) is 4.20. The van der Waals surface area contributed by atoms with Gasteiger partial charge in [0, 0.05) is 12.2 Å². The van der Waals surface area contributed by atoms with Crippen molar-refractivity contribution in [2.45, 2.75) is 39.2 Å². The molecule has 3 heteroatoms. The van der Waals surface area contributed by atoms with Crippen molar-refractivity contribution in [1.29, 1.82) is 0 Å². The van der Waals surface area contributed by atoms with Gasteiger partial charge in [0.2, 0.25) is 0 Å². The Morgan fingerprint density at radius 3 is 2.78 bits per heavy atom. The minimum atomic E-state index is 0.667. The molecule has 0 aliphatic rings. The van der Waals surface area contributed by atoms with Crippen LogP contribution < -0.4 is 0 Å². The smallest absolute Gasteiger partial charge is 0.138 e. The summed E-state index contributed by atoms with van der Waals surface area (Å²) in [7, 11) is 0. The van der Waals surface area contributed by atoms with Gasteiger partial charge in [-0.25, -0.2) is 4.98 Å². The van der Waals surface area contributed by atoms with Gasteiger partial charge in [-0.1, -0.05) is 56.5 Å². The van der Waals surface area contributed by atoms with E-state index in [1.165, 1.54) is 24.8 Å². The molecule has 0 bridgehead atoms. The number of benzene rings is 2. The third-order valence-electron chi connectivity index (χ3n) is 4.00. The molecule has 0 saturated heterocycles. The van der Waals surface area contributed by atoms with E-state index in [9.17, 15) is 0 Å². The molecule has 0 aliphatic heterocycles. The maximum absolute atomic E-state index is 5.79. The van der Waals surface area contributed by atoms with Gasteiger partial charge in [0.05, 0.1) is 17.6 Å². The fourth-order valence-electron chi connectivity index (χ4n) is 2.72. The molecule has 1 heterocycles. The van der Waals surface area contributed by atoms with Crippen LogP contribution in [0.2, 0.25) is 0 Å². The lowest BCUT2D eigenvalue weighted by molar-refractivity contribution is 0.117. The summed E-state index contributed by atoms with van der Waals surface area (Å²) in [5.41, 5.74) is 4.37. The summed E-state index contributed by atoms with van der Waals surface area (Å²) in [5, 5.41) is 0. The number of nitrogens with one attached hydrogen (secondary N) is 1. The molecule has 2 aromatic carbocycles. The molecule has 0 fully saturated rings. The number of hydrogen-bond acceptors (Lipinski definition) is 2. The number of hydrogen-bond donors (Lipinski definition) is 1. The highest BCUT2D eigenvalue weighted by Gasteiger charge is 2.05. The number of imidazole rings is 1. The minimum Gasteiger partial charge on any atom is -0.377 e. The van der Waals surface area contributed by atoms with Crippen LogP contribution in [0.1, 0.15) is 38.2 Å². The Balaban J connectivity index is 1.63. The Kier molecular flexibility index (Phi) is 5.43. The Morgan fingerprint density at radius 2 is 1.91 bits per heavy atom. The van der Waals surface area contributed by atoms with E-state index < -0.39 is 0 Å². The fraction of sp³-hybridized carbons (Fsp3) is 0.350. The second kappa shape index (κ2) is 7.93. The summed E-state index contributed by atoms with van der Waals surface area (Å²) in [6.07, 6.45) is 4.97. The minimum absolute atomic E-state index is 0.667. The lowest BCUT2D eigenvalue weighted by Gasteiger charge is -2.05. The number of unbranched alkanes of at least 4 members (excludes halogenated alkanes) is 3. The zero-order valence-corrected chi connectivity index (χ0v) is 13.7.